The summed E-state index contributed by atoms with van der Waals surface area (Å²) in [6.07, 6.45) is 0. The van der Waals surface area contributed by atoms with E-state index in [0.29, 0.717) is 12.4 Å². The first-order chi connectivity index (χ1) is 7.08. The molecule has 0 amide bonds. The van der Waals surface area contributed by atoms with Crippen LogP contribution in [0.3, 0.4) is 0 Å². The second kappa shape index (κ2) is 4.56. The highest BCUT2D eigenvalue weighted by Crippen LogP contribution is 2.21. The first-order valence-corrected chi connectivity index (χ1v) is 4.42. The summed E-state index contributed by atoms with van der Waals surface area (Å²) in [6, 6.07) is 2.69. The molecule has 1 heterocycles. The van der Waals surface area contributed by atoms with Gasteiger partial charge in [0, 0.05) is 13.6 Å². The van der Waals surface area contributed by atoms with Gasteiger partial charge in [0.15, 0.2) is 0 Å². The van der Waals surface area contributed by atoms with E-state index in [1.807, 2.05) is 6.92 Å². The smallest absolute Gasteiger partial charge is 0.276 e. The lowest BCUT2D eigenvalue weighted by atomic mass is 10.3. The molecule has 0 fully saturated rings. The maximum Gasteiger partial charge on any atom is 0.276 e. The summed E-state index contributed by atoms with van der Waals surface area (Å²) in [5, 5.41) is 10.6. The van der Waals surface area contributed by atoms with Crippen molar-refractivity contribution in [3.8, 4) is 0 Å². The summed E-state index contributed by atoms with van der Waals surface area (Å²) in [7, 11) is 1.80. The van der Waals surface area contributed by atoms with Crippen molar-refractivity contribution in [1.82, 2.24) is 4.98 Å². The van der Waals surface area contributed by atoms with E-state index in [1.165, 1.54) is 12.1 Å². The van der Waals surface area contributed by atoms with E-state index in [1.54, 1.807) is 11.9 Å². The first kappa shape index (κ1) is 11.2. The predicted octanol–water partition coefficient (Wildman–Crippen LogP) is 0.732. The molecule has 0 aromatic carbocycles. The molecule has 0 bridgehead atoms. The Hall–Kier alpha value is -1.89. The Balaban J connectivity index is 3.16. The molecule has 1 aromatic heterocycles. The lowest BCUT2D eigenvalue weighted by Crippen LogP contribution is -2.19. The van der Waals surface area contributed by atoms with E-state index in [2.05, 4.69) is 10.4 Å². The average molecular weight is 211 g/mol. The highest BCUT2D eigenvalue weighted by atomic mass is 16.6. The largest absolute Gasteiger partial charge is 0.360 e. The van der Waals surface area contributed by atoms with Crippen LogP contribution >= 0.6 is 0 Å². The summed E-state index contributed by atoms with van der Waals surface area (Å²) >= 11 is 0. The number of hydrazine groups is 1. The number of nitrogen functional groups attached to an aromatic ring is 1. The molecule has 0 radical (unpaired) electrons. The van der Waals surface area contributed by atoms with Crippen LogP contribution in [-0.2, 0) is 0 Å². The Morgan fingerprint density at radius 2 is 2.33 bits per heavy atom. The Labute approximate surface area is 87.0 Å². The van der Waals surface area contributed by atoms with Gasteiger partial charge in [0.2, 0.25) is 0 Å². The van der Waals surface area contributed by atoms with E-state index >= 15 is 0 Å². The third-order valence-corrected chi connectivity index (χ3v) is 2.02. The van der Waals surface area contributed by atoms with Gasteiger partial charge < -0.3 is 10.3 Å². The molecule has 0 spiro atoms. The number of anilines is 2. The van der Waals surface area contributed by atoms with Gasteiger partial charge in [-0.2, -0.15) is 0 Å². The monoisotopic (exact) mass is 211 g/mol. The molecular formula is C8H13N5O2. The minimum atomic E-state index is -0.477. The minimum absolute atomic E-state index is 0.0340. The van der Waals surface area contributed by atoms with Crippen molar-refractivity contribution >= 4 is 17.3 Å². The summed E-state index contributed by atoms with van der Waals surface area (Å²) in [5.74, 6) is 5.97. The average Bonchev–Trinajstić information content (AvgIpc) is 2.27. The molecular weight excluding hydrogens is 198 g/mol. The zero-order chi connectivity index (χ0) is 11.4. The molecule has 0 saturated carbocycles. The summed E-state index contributed by atoms with van der Waals surface area (Å²) in [5.41, 5.74) is 2.27. The second-order valence-electron chi connectivity index (χ2n) is 2.98. The third-order valence-electron chi connectivity index (χ3n) is 2.02. The van der Waals surface area contributed by atoms with Crippen LogP contribution in [0.15, 0.2) is 12.1 Å². The van der Waals surface area contributed by atoms with Crippen molar-refractivity contribution in [3.63, 3.8) is 0 Å². The van der Waals surface area contributed by atoms with Gasteiger partial charge in [-0.15, -0.1) is 0 Å². The lowest BCUT2D eigenvalue weighted by Gasteiger charge is -2.15. The van der Waals surface area contributed by atoms with Crippen LogP contribution in [0.2, 0.25) is 0 Å². The topological polar surface area (TPSA) is 97.3 Å². The van der Waals surface area contributed by atoms with Crippen LogP contribution < -0.4 is 16.2 Å². The number of nitrogens with zero attached hydrogens (tertiary/aromatic N) is 3. The van der Waals surface area contributed by atoms with Gasteiger partial charge >= 0.3 is 0 Å². The molecule has 7 nitrogen and oxygen atoms in total. The van der Waals surface area contributed by atoms with Gasteiger partial charge in [0.05, 0.1) is 17.1 Å². The van der Waals surface area contributed by atoms with Crippen molar-refractivity contribution in [2.45, 2.75) is 6.92 Å². The fourth-order valence-electron chi connectivity index (χ4n) is 1.04. The van der Waals surface area contributed by atoms with Gasteiger partial charge in [0.1, 0.15) is 11.6 Å². The van der Waals surface area contributed by atoms with Crippen LogP contribution in [0.4, 0.5) is 17.3 Å². The van der Waals surface area contributed by atoms with E-state index in [-0.39, 0.29) is 11.5 Å². The molecule has 0 atom stereocenters. The third kappa shape index (κ3) is 2.53. The van der Waals surface area contributed by atoms with Crippen molar-refractivity contribution in [3.05, 3.63) is 22.2 Å². The van der Waals surface area contributed by atoms with Crippen LogP contribution in [0.1, 0.15) is 6.92 Å². The van der Waals surface area contributed by atoms with Gasteiger partial charge in [0.25, 0.3) is 5.69 Å². The van der Waals surface area contributed by atoms with E-state index in [9.17, 15) is 10.1 Å². The van der Waals surface area contributed by atoms with E-state index in [0.717, 1.165) is 0 Å². The van der Waals surface area contributed by atoms with Crippen LogP contribution in [-0.4, -0.2) is 23.5 Å². The predicted molar refractivity (Wildman–Crippen MR) is 57.6 cm³/mol. The Kier molecular flexibility index (Phi) is 3.40. The molecule has 82 valence electrons. The Bertz CT molecular complexity index is 368. The van der Waals surface area contributed by atoms with E-state index < -0.39 is 4.92 Å². The minimum Gasteiger partial charge on any atom is -0.360 e. The maximum absolute atomic E-state index is 10.6. The highest BCUT2D eigenvalue weighted by Gasteiger charge is 2.12. The number of hydrogen-bond acceptors (Lipinski definition) is 6. The molecule has 3 N–H and O–H groups in total. The van der Waals surface area contributed by atoms with Crippen LogP contribution in [0, 0.1) is 10.1 Å². The van der Waals surface area contributed by atoms with Gasteiger partial charge in [-0.3, -0.25) is 10.1 Å². The standard InChI is InChI=1S/C8H13N5O2/c1-3-12(2)8-5-6(13(14)15)4-7(10-8)11-9/h4-5H,3,9H2,1-2H3,(H,10,11). The molecule has 0 aliphatic carbocycles. The molecule has 0 aliphatic rings. The van der Waals surface area contributed by atoms with Crippen molar-refractivity contribution in [2.24, 2.45) is 5.84 Å². The van der Waals surface area contributed by atoms with Crippen molar-refractivity contribution in [1.29, 1.82) is 0 Å². The first-order valence-electron chi connectivity index (χ1n) is 4.42. The molecule has 15 heavy (non-hydrogen) atoms. The summed E-state index contributed by atoms with van der Waals surface area (Å²) < 4.78 is 0. The Morgan fingerprint density at radius 3 is 2.80 bits per heavy atom. The summed E-state index contributed by atoms with van der Waals surface area (Å²) in [6.45, 7) is 2.63. The van der Waals surface area contributed by atoms with Crippen molar-refractivity contribution < 1.29 is 4.92 Å². The van der Waals surface area contributed by atoms with Crippen LogP contribution in [0.5, 0.6) is 0 Å². The fraction of sp³-hybridized carbons (Fsp3) is 0.375. The quantitative estimate of drug-likeness (QED) is 0.433. The number of nitrogens with one attached hydrogen (secondary N) is 1. The second-order valence-corrected chi connectivity index (χ2v) is 2.98. The Morgan fingerprint density at radius 1 is 1.67 bits per heavy atom. The molecule has 1 rings (SSSR count). The molecule has 7 heteroatoms. The SMILES string of the molecule is CCN(C)c1cc([N+](=O)[O-])cc(NN)n1. The van der Waals surface area contributed by atoms with Crippen molar-refractivity contribution in [2.75, 3.05) is 23.9 Å². The van der Waals surface area contributed by atoms with Crippen LogP contribution in [0.25, 0.3) is 0 Å². The fourth-order valence-corrected chi connectivity index (χ4v) is 1.04. The normalized spacial score (nSPS) is 9.80. The van der Waals surface area contributed by atoms with E-state index in [4.69, 9.17) is 5.84 Å². The number of nitro groups is 1. The number of nitrogens with two attached hydrogens (primary N) is 1. The maximum atomic E-state index is 10.6. The number of rotatable bonds is 4. The number of pyridine rings is 1. The zero-order valence-electron chi connectivity index (χ0n) is 8.60. The molecule has 0 saturated heterocycles. The van der Waals surface area contributed by atoms with Gasteiger partial charge in [-0.05, 0) is 6.92 Å². The molecule has 0 aliphatic heterocycles. The van der Waals surface area contributed by atoms with Gasteiger partial charge in [-0.25, -0.2) is 10.8 Å². The molecule has 0 unspecified atom stereocenters. The highest BCUT2D eigenvalue weighted by molar-refractivity contribution is 5.55. The zero-order valence-corrected chi connectivity index (χ0v) is 8.60. The van der Waals surface area contributed by atoms with Gasteiger partial charge in [-0.1, -0.05) is 0 Å². The lowest BCUT2D eigenvalue weighted by molar-refractivity contribution is -0.384. The molecule has 1 aromatic rings. The number of aromatic nitrogens is 1. The number of hydrogen-bond donors (Lipinski definition) is 2. The summed E-state index contributed by atoms with van der Waals surface area (Å²) in [4.78, 5) is 16.0.